The van der Waals surface area contributed by atoms with Crippen LogP contribution >= 0.6 is 0 Å². The summed E-state index contributed by atoms with van der Waals surface area (Å²) in [6.07, 6.45) is 7.85. The molecule has 0 N–H and O–H groups in total. The molecule has 4 heterocycles. The predicted molar refractivity (Wildman–Crippen MR) is 270 cm³/mol. The number of rotatable bonds is 5. The van der Waals surface area contributed by atoms with Crippen molar-refractivity contribution in [2.75, 3.05) is 0 Å². The molecule has 0 saturated carbocycles. The van der Waals surface area contributed by atoms with Crippen LogP contribution < -0.4 is 0 Å². The Morgan fingerprint density at radius 3 is 1.33 bits per heavy atom. The number of hydrogen-bond acceptors (Lipinski definition) is 0. The third kappa shape index (κ3) is 4.93. The Hall–Kier alpha value is -8.34. The standard InChI is InChI=1S/C60H40N4/c1-7-27-49-43(21-1)44-22-2-8-28-50(44)63(49)57-35-15-33-55-59(57)47-25-5-11-31-53(47)61(55)41-19-13-17-39(37-41)40-18-14-20-42(38-40)62-54-32-12-6-26-48(54)60-56(62)34-16-36-58(60)64-51-29-9-3-23-45(51)46-24-4-10-30-52(46)64/h1-37,42H,38H2. The van der Waals surface area contributed by atoms with Crippen LogP contribution in [0.4, 0.5) is 0 Å². The van der Waals surface area contributed by atoms with E-state index in [1.165, 1.54) is 110 Å². The molecule has 64 heavy (non-hydrogen) atoms. The molecule has 14 rings (SSSR count). The van der Waals surface area contributed by atoms with Gasteiger partial charge in [0.1, 0.15) is 0 Å². The topological polar surface area (TPSA) is 19.7 Å². The summed E-state index contributed by atoms with van der Waals surface area (Å²) >= 11 is 0. The normalized spacial score (nSPS) is 14.4. The number of fused-ring (bicyclic) bond motifs is 12. The van der Waals surface area contributed by atoms with Crippen LogP contribution in [0.2, 0.25) is 0 Å². The first kappa shape index (κ1) is 35.3. The van der Waals surface area contributed by atoms with Crippen molar-refractivity contribution in [2.45, 2.75) is 12.5 Å². The van der Waals surface area contributed by atoms with E-state index in [4.69, 9.17) is 0 Å². The fourth-order valence-corrected chi connectivity index (χ4v) is 11.3. The van der Waals surface area contributed by atoms with Gasteiger partial charge < -0.3 is 18.3 Å². The average molecular weight is 817 g/mol. The second kappa shape index (κ2) is 13.6. The number of aromatic nitrogens is 4. The molecular weight excluding hydrogens is 777 g/mol. The van der Waals surface area contributed by atoms with E-state index in [0.29, 0.717) is 0 Å². The van der Waals surface area contributed by atoms with Crippen molar-refractivity contribution in [1.29, 1.82) is 0 Å². The molecule has 1 atom stereocenters. The Labute approximate surface area is 369 Å². The molecule has 0 fully saturated rings. The van der Waals surface area contributed by atoms with Crippen molar-refractivity contribution in [3.63, 3.8) is 0 Å². The molecule has 1 aliphatic carbocycles. The van der Waals surface area contributed by atoms with Crippen molar-refractivity contribution in [1.82, 2.24) is 18.3 Å². The summed E-state index contributed by atoms with van der Waals surface area (Å²) in [4.78, 5) is 0. The highest BCUT2D eigenvalue weighted by Gasteiger charge is 2.24. The molecule has 0 amide bonds. The molecule has 0 saturated heterocycles. The van der Waals surface area contributed by atoms with Crippen LogP contribution in [0.25, 0.3) is 110 Å². The van der Waals surface area contributed by atoms with E-state index in [9.17, 15) is 0 Å². The fourth-order valence-electron chi connectivity index (χ4n) is 11.3. The first-order valence-corrected chi connectivity index (χ1v) is 22.3. The maximum absolute atomic E-state index is 2.58. The summed E-state index contributed by atoms with van der Waals surface area (Å²) in [6, 6.07) is 76.0. The minimum Gasteiger partial charge on any atom is -0.333 e. The third-order valence-electron chi connectivity index (χ3n) is 13.9. The van der Waals surface area contributed by atoms with Crippen LogP contribution in [-0.4, -0.2) is 18.3 Å². The molecule has 13 aromatic rings. The number of para-hydroxylation sites is 6. The zero-order valence-corrected chi connectivity index (χ0v) is 34.9. The van der Waals surface area contributed by atoms with Gasteiger partial charge in [0.25, 0.3) is 0 Å². The monoisotopic (exact) mass is 816 g/mol. The third-order valence-corrected chi connectivity index (χ3v) is 13.9. The van der Waals surface area contributed by atoms with E-state index in [-0.39, 0.29) is 6.04 Å². The van der Waals surface area contributed by atoms with Crippen LogP contribution in [0.15, 0.2) is 224 Å². The van der Waals surface area contributed by atoms with Crippen LogP contribution in [0.1, 0.15) is 18.0 Å². The van der Waals surface area contributed by atoms with Gasteiger partial charge in [-0.2, -0.15) is 0 Å². The van der Waals surface area contributed by atoms with Gasteiger partial charge >= 0.3 is 0 Å². The van der Waals surface area contributed by atoms with Gasteiger partial charge in [0, 0.05) is 54.3 Å². The van der Waals surface area contributed by atoms with Gasteiger partial charge in [-0.05, 0) is 90.4 Å². The second-order valence-electron chi connectivity index (χ2n) is 17.2. The Balaban J connectivity index is 0.900. The molecule has 4 nitrogen and oxygen atoms in total. The van der Waals surface area contributed by atoms with E-state index < -0.39 is 0 Å². The Morgan fingerprint density at radius 1 is 0.344 bits per heavy atom. The number of nitrogens with zero attached hydrogens (tertiary/aromatic N) is 4. The van der Waals surface area contributed by atoms with Gasteiger partial charge in [0.05, 0.1) is 56.0 Å². The van der Waals surface area contributed by atoms with Gasteiger partial charge in [0.2, 0.25) is 0 Å². The Kier molecular flexibility index (Phi) is 7.48. The highest BCUT2D eigenvalue weighted by molar-refractivity contribution is 6.18. The van der Waals surface area contributed by atoms with Crippen molar-refractivity contribution >= 4 is 92.8 Å². The van der Waals surface area contributed by atoms with E-state index >= 15 is 0 Å². The summed E-state index contributed by atoms with van der Waals surface area (Å²) in [5, 5.41) is 10.1. The van der Waals surface area contributed by atoms with E-state index in [0.717, 1.165) is 12.1 Å². The average Bonchev–Trinajstić information content (AvgIpc) is 4.09. The van der Waals surface area contributed by atoms with Crippen molar-refractivity contribution in [3.8, 4) is 17.1 Å². The quantitative estimate of drug-likeness (QED) is 0.165. The lowest BCUT2D eigenvalue weighted by Crippen LogP contribution is -2.09. The highest BCUT2D eigenvalue weighted by Crippen LogP contribution is 2.44. The minimum absolute atomic E-state index is 0.126. The van der Waals surface area contributed by atoms with Gasteiger partial charge in [-0.15, -0.1) is 0 Å². The molecule has 0 radical (unpaired) electrons. The second-order valence-corrected chi connectivity index (χ2v) is 17.2. The molecule has 4 aromatic heterocycles. The van der Waals surface area contributed by atoms with Gasteiger partial charge in [-0.3, -0.25) is 0 Å². The summed E-state index contributed by atoms with van der Waals surface area (Å²) in [6.45, 7) is 0. The number of allylic oxidation sites excluding steroid dienone is 4. The summed E-state index contributed by atoms with van der Waals surface area (Å²) in [5.74, 6) is 0. The van der Waals surface area contributed by atoms with Crippen molar-refractivity contribution < 1.29 is 0 Å². The van der Waals surface area contributed by atoms with Crippen LogP contribution in [0, 0.1) is 0 Å². The number of benzene rings is 9. The summed E-state index contributed by atoms with van der Waals surface area (Å²) in [5.41, 5.74) is 15.9. The first-order valence-electron chi connectivity index (χ1n) is 22.3. The minimum atomic E-state index is 0.126. The van der Waals surface area contributed by atoms with E-state index in [1.54, 1.807) is 0 Å². The first-order chi connectivity index (χ1) is 31.8. The molecule has 0 bridgehead atoms. The lowest BCUT2D eigenvalue weighted by atomic mass is 9.93. The SMILES string of the molecule is C1=CC(n2c3ccccc3c3c(-n4c5ccccc5c5ccccc54)cccc32)CC(c2cccc(-n3c4ccccc4c4c(-n5c6ccccc6c6ccccc65)cccc43)c2)=C1. The zero-order valence-electron chi connectivity index (χ0n) is 34.9. The summed E-state index contributed by atoms with van der Waals surface area (Å²) in [7, 11) is 0. The number of hydrogen-bond donors (Lipinski definition) is 0. The smallest absolute Gasteiger partial charge is 0.0566 e. The molecule has 1 aliphatic rings. The largest absolute Gasteiger partial charge is 0.333 e. The maximum atomic E-state index is 2.58. The van der Waals surface area contributed by atoms with Crippen molar-refractivity contribution in [2.24, 2.45) is 0 Å². The molecule has 9 aromatic carbocycles. The Morgan fingerprint density at radius 2 is 0.766 bits per heavy atom. The molecule has 0 spiro atoms. The summed E-state index contributed by atoms with van der Waals surface area (Å²) < 4.78 is 9.97. The molecule has 4 heteroatoms. The maximum Gasteiger partial charge on any atom is 0.0566 e. The lowest BCUT2D eigenvalue weighted by molar-refractivity contribution is 0.656. The predicted octanol–water partition coefficient (Wildman–Crippen LogP) is 15.7. The van der Waals surface area contributed by atoms with Crippen LogP contribution in [0.3, 0.4) is 0 Å². The van der Waals surface area contributed by atoms with Gasteiger partial charge in [-0.1, -0.05) is 152 Å². The molecule has 300 valence electrons. The zero-order chi connectivity index (χ0) is 41.9. The van der Waals surface area contributed by atoms with Crippen molar-refractivity contribution in [3.05, 3.63) is 230 Å². The van der Waals surface area contributed by atoms with Gasteiger partial charge in [-0.25, -0.2) is 0 Å². The Bertz CT molecular complexity index is 4020. The van der Waals surface area contributed by atoms with E-state index in [2.05, 4.69) is 243 Å². The van der Waals surface area contributed by atoms with E-state index in [1.807, 2.05) is 0 Å². The van der Waals surface area contributed by atoms with Crippen LogP contribution in [0.5, 0.6) is 0 Å². The molecule has 0 aliphatic heterocycles. The lowest BCUT2D eigenvalue weighted by Gasteiger charge is -2.23. The van der Waals surface area contributed by atoms with Crippen LogP contribution in [-0.2, 0) is 0 Å². The van der Waals surface area contributed by atoms with Gasteiger partial charge in [0.15, 0.2) is 0 Å². The fraction of sp³-hybridized carbons (Fsp3) is 0.0333. The highest BCUT2D eigenvalue weighted by atomic mass is 15.0. The molecule has 1 unspecified atom stereocenters. The molecular formula is C60H40N4.